The van der Waals surface area contributed by atoms with Crippen LogP contribution in [0.1, 0.15) is 17.4 Å². The Hall–Kier alpha value is -1.62. The van der Waals surface area contributed by atoms with Gasteiger partial charge in [0.2, 0.25) is 0 Å². The molecule has 104 valence electrons. The highest BCUT2D eigenvalue weighted by atomic mass is 32.1. The molecular formula is C16H18N2OS. The molecule has 0 amide bonds. The summed E-state index contributed by atoms with van der Waals surface area (Å²) in [6, 6.07) is 12.6. The number of likely N-dealkylation sites (N-methyl/N-ethyl adjacent to an activating group) is 1. The molecule has 2 aromatic heterocycles. The maximum Gasteiger partial charge on any atom is 0.117 e. The molecule has 20 heavy (non-hydrogen) atoms. The minimum atomic E-state index is 0.205. The van der Waals surface area contributed by atoms with E-state index in [1.165, 1.54) is 15.6 Å². The van der Waals surface area contributed by atoms with Crippen LogP contribution >= 0.6 is 11.3 Å². The van der Waals surface area contributed by atoms with Crippen LogP contribution in [0.2, 0.25) is 0 Å². The fourth-order valence-corrected chi connectivity index (χ4v) is 3.57. The summed E-state index contributed by atoms with van der Waals surface area (Å²) in [6.07, 6.45) is 1.71. The first-order valence-electron chi connectivity index (χ1n) is 6.68. The Bertz CT molecular complexity index is 675. The van der Waals surface area contributed by atoms with Crippen LogP contribution in [0.15, 0.2) is 52.5 Å². The maximum absolute atomic E-state index is 6.02. The van der Waals surface area contributed by atoms with Crippen molar-refractivity contribution in [2.45, 2.75) is 12.6 Å². The van der Waals surface area contributed by atoms with E-state index in [0.717, 1.165) is 12.3 Å². The Morgan fingerprint density at radius 1 is 1.25 bits per heavy atom. The van der Waals surface area contributed by atoms with Crippen molar-refractivity contribution in [3.8, 4) is 0 Å². The Morgan fingerprint density at radius 2 is 2.10 bits per heavy atom. The molecule has 0 aliphatic heterocycles. The summed E-state index contributed by atoms with van der Waals surface area (Å²) < 4.78 is 6.74. The number of hydrogen-bond donors (Lipinski definition) is 1. The molecule has 1 atom stereocenters. The lowest BCUT2D eigenvalue weighted by Crippen LogP contribution is -2.29. The van der Waals surface area contributed by atoms with Crippen LogP contribution in [-0.2, 0) is 6.54 Å². The summed E-state index contributed by atoms with van der Waals surface area (Å²) in [5.41, 5.74) is 7.32. The summed E-state index contributed by atoms with van der Waals surface area (Å²) >= 11 is 1.78. The van der Waals surface area contributed by atoms with E-state index in [2.05, 4.69) is 41.6 Å². The van der Waals surface area contributed by atoms with Gasteiger partial charge in [-0.2, -0.15) is 0 Å². The second-order valence-electron chi connectivity index (χ2n) is 4.93. The number of benzene rings is 1. The summed E-state index contributed by atoms with van der Waals surface area (Å²) in [5.74, 6) is 0.963. The SMILES string of the molecule is CN(Cc1ccco1)C(CN)c1csc2ccccc12. The third kappa shape index (κ3) is 2.50. The van der Waals surface area contributed by atoms with Gasteiger partial charge >= 0.3 is 0 Å². The van der Waals surface area contributed by atoms with Gasteiger partial charge in [-0.25, -0.2) is 0 Å². The minimum Gasteiger partial charge on any atom is -0.468 e. The molecular weight excluding hydrogens is 268 g/mol. The van der Waals surface area contributed by atoms with E-state index in [0.29, 0.717) is 6.54 Å². The number of furan rings is 1. The highest BCUT2D eigenvalue weighted by molar-refractivity contribution is 7.17. The van der Waals surface area contributed by atoms with Gasteiger partial charge in [0.15, 0.2) is 0 Å². The highest BCUT2D eigenvalue weighted by Crippen LogP contribution is 2.32. The molecule has 2 heterocycles. The molecule has 0 bridgehead atoms. The lowest BCUT2D eigenvalue weighted by Gasteiger charge is -2.26. The van der Waals surface area contributed by atoms with Gasteiger partial charge < -0.3 is 10.2 Å². The van der Waals surface area contributed by atoms with Gasteiger partial charge in [-0.1, -0.05) is 18.2 Å². The van der Waals surface area contributed by atoms with E-state index in [1.807, 2.05) is 12.1 Å². The van der Waals surface area contributed by atoms with Gasteiger partial charge in [-0.05, 0) is 41.6 Å². The predicted molar refractivity (Wildman–Crippen MR) is 83.8 cm³/mol. The van der Waals surface area contributed by atoms with Crippen LogP contribution in [0.25, 0.3) is 10.1 Å². The van der Waals surface area contributed by atoms with E-state index < -0.39 is 0 Å². The van der Waals surface area contributed by atoms with Gasteiger partial charge in [-0.3, -0.25) is 4.90 Å². The second kappa shape index (κ2) is 5.79. The van der Waals surface area contributed by atoms with Crippen molar-refractivity contribution in [2.24, 2.45) is 5.73 Å². The van der Waals surface area contributed by atoms with E-state index in [9.17, 15) is 0 Å². The van der Waals surface area contributed by atoms with Crippen molar-refractivity contribution in [1.82, 2.24) is 4.90 Å². The standard InChI is InChI=1S/C16H18N2OS/c1-18(10-12-5-4-8-19-12)15(9-17)14-11-20-16-7-3-2-6-13(14)16/h2-8,11,15H,9-10,17H2,1H3. The van der Waals surface area contributed by atoms with Crippen molar-refractivity contribution in [3.63, 3.8) is 0 Å². The van der Waals surface area contributed by atoms with Gasteiger partial charge in [0, 0.05) is 17.3 Å². The average Bonchev–Trinajstić information content (AvgIpc) is 3.10. The molecule has 0 radical (unpaired) electrons. The van der Waals surface area contributed by atoms with E-state index >= 15 is 0 Å². The predicted octanol–water partition coefficient (Wildman–Crippen LogP) is 3.63. The van der Waals surface area contributed by atoms with Gasteiger partial charge in [0.05, 0.1) is 12.8 Å². The molecule has 0 aliphatic carbocycles. The first-order valence-corrected chi connectivity index (χ1v) is 7.56. The quantitative estimate of drug-likeness (QED) is 0.779. The molecule has 0 aliphatic rings. The number of fused-ring (bicyclic) bond motifs is 1. The third-order valence-corrected chi connectivity index (χ3v) is 4.59. The molecule has 4 heteroatoms. The average molecular weight is 286 g/mol. The lowest BCUT2D eigenvalue weighted by molar-refractivity contribution is 0.224. The zero-order valence-corrected chi connectivity index (χ0v) is 12.3. The molecule has 3 rings (SSSR count). The first kappa shape index (κ1) is 13.4. The minimum absolute atomic E-state index is 0.205. The van der Waals surface area contributed by atoms with Crippen LogP contribution < -0.4 is 5.73 Å². The summed E-state index contributed by atoms with van der Waals surface area (Å²) in [6.45, 7) is 1.36. The van der Waals surface area contributed by atoms with Crippen LogP contribution in [0.5, 0.6) is 0 Å². The van der Waals surface area contributed by atoms with Crippen LogP contribution in [0.4, 0.5) is 0 Å². The van der Waals surface area contributed by atoms with E-state index in [-0.39, 0.29) is 6.04 Å². The third-order valence-electron chi connectivity index (χ3n) is 3.61. The lowest BCUT2D eigenvalue weighted by atomic mass is 10.0. The molecule has 0 saturated carbocycles. The molecule has 3 nitrogen and oxygen atoms in total. The first-order chi connectivity index (χ1) is 9.79. The van der Waals surface area contributed by atoms with Crippen molar-refractivity contribution in [1.29, 1.82) is 0 Å². The van der Waals surface area contributed by atoms with Crippen LogP contribution in [0.3, 0.4) is 0 Å². The fraction of sp³-hybridized carbons (Fsp3) is 0.250. The molecule has 0 saturated heterocycles. The van der Waals surface area contributed by atoms with E-state index in [4.69, 9.17) is 10.2 Å². The normalized spacial score (nSPS) is 13.2. The number of thiophene rings is 1. The topological polar surface area (TPSA) is 42.4 Å². The Balaban J connectivity index is 1.89. The molecule has 2 N–H and O–H groups in total. The number of nitrogens with two attached hydrogens (primary N) is 1. The number of rotatable bonds is 5. The maximum atomic E-state index is 6.02. The monoisotopic (exact) mass is 286 g/mol. The molecule has 3 aromatic rings. The zero-order valence-electron chi connectivity index (χ0n) is 11.5. The van der Waals surface area contributed by atoms with Crippen molar-refractivity contribution >= 4 is 21.4 Å². The van der Waals surface area contributed by atoms with E-state index in [1.54, 1.807) is 17.6 Å². The van der Waals surface area contributed by atoms with Crippen molar-refractivity contribution in [2.75, 3.05) is 13.6 Å². The fourth-order valence-electron chi connectivity index (χ4n) is 2.56. The van der Waals surface area contributed by atoms with Gasteiger partial charge in [0.1, 0.15) is 5.76 Å². The van der Waals surface area contributed by atoms with Crippen LogP contribution in [0, 0.1) is 0 Å². The second-order valence-corrected chi connectivity index (χ2v) is 5.84. The van der Waals surface area contributed by atoms with Gasteiger partial charge in [-0.15, -0.1) is 11.3 Å². The smallest absolute Gasteiger partial charge is 0.117 e. The highest BCUT2D eigenvalue weighted by Gasteiger charge is 2.19. The summed E-state index contributed by atoms with van der Waals surface area (Å²) in [4.78, 5) is 2.24. The molecule has 1 unspecified atom stereocenters. The Kier molecular flexibility index (Phi) is 3.87. The molecule has 0 spiro atoms. The molecule has 1 aromatic carbocycles. The number of nitrogens with zero attached hydrogens (tertiary/aromatic N) is 1. The molecule has 0 fully saturated rings. The number of hydrogen-bond acceptors (Lipinski definition) is 4. The zero-order chi connectivity index (χ0) is 13.9. The summed E-state index contributed by atoms with van der Waals surface area (Å²) in [7, 11) is 2.09. The van der Waals surface area contributed by atoms with Crippen molar-refractivity contribution in [3.05, 3.63) is 59.4 Å². The van der Waals surface area contributed by atoms with Crippen LogP contribution in [-0.4, -0.2) is 18.5 Å². The summed E-state index contributed by atoms with van der Waals surface area (Å²) in [5, 5.41) is 3.53. The van der Waals surface area contributed by atoms with Gasteiger partial charge in [0.25, 0.3) is 0 Å². The Labute approximate surface area is 122 Å². The Morgan fingerprint density at radius 3 is 2.85 bits per heavy atom. The largest absolute Gasteiger partial charge is 0.468 e. The van der Waals surface area contributed by atoms with Crippen molar-refractivity contribution < 1.29 is 4.42 Å².